The molecule has 0 aromatic carbocycles. The molecule has 0 bridgehead atoms. The van der Waals surface area contributed by atoms with Crippen LogP contribution in [0.25, 0.3) is 0 Å². The van der Waals surface area contributed by atoms with E-state index in [1.807, 2.05) is 12.5 Å². The van der Waals surface area contributed by atoms with Gasteiger partial charge in [0.2, 0.25) is 0 Å². The van der Waals surface area contributed by atoms with Gasteiger partial charge in [-0.3, -0.25) is 0 Å². The average molecular weight is 237 g/mol. The highest BCUT2D eigenvalue weighted by Gasteiger charge is 2.13. The fourth-order valence-corrected chi connectivity index (χ4v) is 2.46. The third kappa shape index (κ3) is 3.82. The lowest BCUT2D eigenvalue weighted by atomic mass is 9.98. The summed E-state index contributed by atoms with van der Waals surface area (Å²) in [5.74, 6) is 0. The van der Waals surface area contributed by atoms with Crippen LogP contribution in [0.5, 0.6) is 0 Å². The summed E-state index contributed by atoms with van der Waals surface area (Å²) in [6.07, 6.45) is 11.7. The molecule has 0 aliphatic heterocycles. The van der Waals surface area contributed by atoms with Crippen molar-refractivity contribution in [2.45, 2.75) is 51.2 Å². The van der Waals surface area contributed by atoms with Gasteiger partial charge in [0.25, 0.3) is 0 Å². The maximum absolute atomic E-state index is 5.91. The lowest BCUT2D eigenvalue weighted by Crippen LogP contribution is -2.20. The van der Waals surface area contributed by atoms with Crippen molar-refractivity contribution in [2.75, 3.05) is 13.2 Å². The van der Waals surface area contributed by atoms with Crippen molar-refractivity contribution in [3.8, 4) is 0 Å². The van der Waals surface area contributed by atoms with Crippen molar-refractivity contribution < 1.29 is 4.74 Å². The smallest absolute Gasteiger partial charge is 0.0948 e. The average Bonchev–Trinajstić information content (AvgIpc) is 2.79. The molecule has 2 N–H and O–H groups in total. The largest absolute Gasteiger partial charge is 0.376 e. The molecule has 1 saturated carbocycles. The second-order valence-corrected chi connectivity index (χ2v) is 4.75. The standard InChI is InChI=1S/C13H23N3O/c14-7-6-12-10-15-11-16(12)8-9-17-13-4-2-1-3-5-13/h10-11,13H,1-9,14H2. The van der Waals surface area contributed by atoms with Gasteiger partial charge in [-0.2, -0.15) is 0 Å². The van der Waals surface area contributed by atoms with Gasteiger partial charge in [-0.25, -0.2) is 4.98 Å². The zero-order valence-electron chi connectivity index (χ0n) is 10.5. The lowest BCUT2D eigenvalue weighted by molar-refractivity contribution is 0.0238. The van der Waals surface area contributed by atoms with Crippen LogP contribution in [-0.2, 0) is 17.7 Å². The highest BCUT2D eigenvalue weighted by molar-refractivity contribution is 4.98. The Morgan fingerprint density at radius 3 is 2.94 bits per heavy atom. The van der Waals surface area contributed by atoms with Gasteiger partial charge in [0.05, 0.1) is 19.0 Å². The van der Waals surface area contributed by atoms with E-state index in [1.54, 1.807) is 0 Å². The van der Waals surface area contributed by atoms with E-state index in [-0.39, 0.29) is 0 Å². The Balaban J connectivity index is 1.71. The van der Waals surface area contributed by atoms with Crippen LogP contribution in [0.2, 0.25) is 0 Å². The predicted octanol–water partition coefficient (Wildman–Crippen LogP) is 1.73. The first kappa shape index (κ1) is 12.6. The highest BCUT2D eigenvalue weighted by Crippen LogP contribution is 2.20. The number of hydrogen-bond acceptors (Lipinski definition) is 3. The van der Waals surface area contributed by atoms with Gasteiger partial charge in [-0.15, -0.1) is 0 Å². The molecule has 0 radical (unpaired) electrons. The number of imidazole rings is 1. The summed E-state index contributed by atoms with van der Waals surface area (Å²) < 4.78 is 8.06. The quantitative estimate of drug-likeness (QED) is 0.820. The Kier molecular flexibility index (Phi) is 5.01. The van der Waals surface area contributed by atoms with Crippen LogP contribution < -0.4 is 5.73 Å². The molecule has 1 heterocycles. The molecule has 0 unspecified atom stereocenters. The van der Waals surface area contributed by atoms with E-state index >= 15 is 0 Å². The molecule has 0 saturated heterocycles. The SMILES string of the molecule is NCCc1cncn1CCOC1CCCCC1. The third-order valence-electron chi connectivity index (χ3n) is 3.44. The minimum Gasteiger partial charge on any atom is -0.376 e. The van der Waals surface area contributed by atoms with Gasteiger partial charge in [-0.05, 0) is 19.4 Å². The molecule has 4 nitrogen and oxygen atoms in total. The second kappa shape index (κ2) is 6.77. The van der Waals surface area contributed by atoms with E-state index in [4.69, 9.17) is 10.5 Å². The molecule has 0 amide bonds. The molecule has 1 aromatic heterocycles. The normalized spacial score (nSPS) is 17.5. The van der Waals surface area contributed by atoms with Crippen LogP contribution in [0.1, 0.15) is 37.8 Å². The summed E-state index contributed by atoms with van der Waals surface area (Å²) in [7, 11) is 0. The van der Waals surface area contributed by atoms with E-state index in [0.29, 0.717) is 12.6 Å². The van der Waals surface area contributed by atoms with Crippen LogP contribution in [0.4, 0.5) is 0 Å². The van der Waals surface area contributed by atoms with Gasteiger partial charge in [0, 0.05) is 24.9 Å². The van der Waals surface area contributed by atoms with E-state index in [1.165, 1.54) is 37.8 Å². The Morgan fingerprint density at radius 2 is 2.18 bits per heavy atom. The van der Waals surface area contributed by atoms with E-state index in [0.717, 1.165) is 19.6 Å². The monoisotopic (exact) mass is 237 g/mol. The van der Waals surface area contributed by atoms with E-state index in [2.05, 4.69) is 9.55 Å². The lowest BCUT2D eigenvalue weighted by Gasteiger charge is -2.22. The fourth-order valence-electron chi connectivity index (χ4n) is 2.46. The van der Waals surface area contributed by atoms with E-state index < -0.39 is 0 Å². The zero-order valence-corrected chi connectivity index (χ0v) is 10.5. The molecular weight excluding hydrogens is 214 g/mol. The Bertz CT molecular complexity index is 318. The van der Waals surface area contributed by atoms with Gasteiger partial charge in [0.1, 0.15) is 0 Å². The molecule has 1 fully saturated rings. The molecule has 4 heteroatoms. The number of ether oxygens (including phenoxy) is 1. The predicted molar refractivity (Wildman–Crippen MR) is 67.8 cm³/mol. The van der Waals surface area contributed by atoms with Crippen molar-refractivity contribution in [2.24, 2.45) is 5.73 Å². The summed E-state index contributed by atoms with van der Waals surface area (Å²) >= 11 is 0. The second-order valence-electron chi connectivity index (χ2n) is 4.75. The first-order valence-corrected chi connectivity index (χ1v) is 6.71. The number of nitrogens with two attached hydrogens (primary N) is 1. The van der Waals surface area contributed by atoms with Gasteiger partial charge in [0.15, 0.2) is 0 Å². The van der Waals surface area contributed by atoms with Crippen LogP contribution in [0.15, 0.2) is 12.5 Å². The molecule has 2 rings (SSSR count). The topological polar surface area (TPSA) is 53.1 Å². The van der Waals surface area contributed by atoms with E-state index in [9.17, 15) is 0 Å². The van der Waals surface area contributed by atoms with Crippen LogP contribution in [-0.4, -0.2) is 28.8 Å². The number of aromatic nitrogens is 2. The molecule has 1 aromatic rings. The summed E-state index contributed by atoms with van der Waals surface area (Å²) in [6, 6.07) is 0. The minimum atomic E-state index is 0.491. The summed E-state index contributed by atoms with van der Waals surface area (Å²) in [5.41, 5.74) is 6.77. The maximum Gasteiger partial charge on any atom is 0.0948 e. The molecule has 0 atom stereocenters. The van der Waals surface area contributed by atoms with Gasteiger partial charge >= 0.3 is 0 Å². The Hall–Kier alpha value is -0.870. The molecular formula is C13H23N3O. The summed E-state index contributed by atoms with van der Waals surface area (Å²) in [5, 5.41) is 0. The number of nitrogens with zero attached hydrogens (tertiary/aromatic N) is 2. The maximum atomic E-state index is 5.91. The van der Waals surface area contributed by atoms with Crippen molar-refractivity contribution >= 4 is 0 Å². The molecule has 1 aliphatic rings. The first-order valence-electron chi connectivity index (χ1n) is 6.71. The van der Waals surface area contributed by atoms with Crippen LogP contribution >= 0.6 is 0 Å². The molecule has 17 heavy (non-hydrogen) atoms. The Labute approximate surface area is 103 Å². The first-order chi connectivity index (χ1) is 8.40. The number of hydrogen-bond donors (Lipinski definition) is 1. The summed E-state index contributed by atoms with van der Waals surface area (Å²) in [6.45, 7) is 2.36. The van der Waals surface area contributed by atoms with Crippen LogP contribution in [0, 0.1) is 0 Å². The highest BCUT2D eigenvalue weighted by atomic mass is 16.5. The van der Waals surface area contributed by atoms with Crippen molar-refractivity contribution in [1.29, 1.82) is 0 Å². The molecule has 1 aliphatic carbocycles. The molecule has 0 spiro atoms. The van der Waals surface area contributed by atoms with Crippen molar-refractivity contribution in [3.05, 3.63) is 18.2 Å². The molecule has 96 valence electrons. The summed E-state index contributed by atoms with van der Waals surface area (Å²) in [4.78, 5) is 4.16. The minimum absolute atomic E-state index is 0.491. The fraction of sp³-hybridized carbons (Fsp3) is 0.769. The Morgan fingerprint density at radius 1 is 1.35 bits per heavy atom. The van der Waals surface area contributed by atoms with Crippen molar-refractivity contribution in [1.82, 2.24) is 9.55 Å². The third-order valence-corrected chi connectivity index (χ3v) is 3.44. The van der Waals surface area contributed by atoms with Gasteiger partial charge < -0.3 is 15.0 Å². The number of rotatable bonds is 6. The van der Waals surface area contributed by atoms with Crippen LogP contribution in [0.3, 0.4) is 0 Å². The van der Waals surface area contributed by atoms with Gasteiger partial charge in [-0.1, -0.05) is 19.3 Å². The zero-order chi connectivity index (χ0) is 11.9. The van der Waals surface area contributed by atoms with Crippen molar-refractivity contribution in [3.63, 3.8) is 0 Å².